The largest absolute Gasteiger partial charge is 0.358 e. The van der Waals surface area contributed by atoms with Crippen molar-refractivity contribution in [3.05, 3.63) is 46.4 Å². The number of rotatable bonds is 6. The van der Waals surface area contributed by atoms with E-state index in [-0.39, 0.29) is 17.2 Å². The molecule has 0 atom stereocenters. The smallest absolute Gasteiger partial charge is 0.295 e. The van der Waals surface area contributed by atoms with E-state index in [1.807, 2.05) is 56.0 Å². The lowest BCUT2D eigenvalue weighted by Gasteiger charge is -2.20. The Bertz CT molecular complexity index is 839. The molecule has 0 radical (unpaired) electrons. The molecule has 26 heavy (non-hydrogen) atoms. The summed E-state index contributed by atoms with van der Waals surface area (Å²) < 4.78 is 3.97. The molecule has 140 valence electrons. The predicted octanol–water partition coefficient (Wildman–Crippen LogP) is 2.78. The van der Waals surface area contributed by atoms with Crippen molar-refractivity contribution in [2.24, 2.45) is 7.05 Å². The minimum Gasteiger partial charge on any atom is -0.358 e. The SMILES string of the molecule is CCN(CC)C(=S)SCC(=O)Nc1c(C)n(C)n(-c2ccccc2)c1=O. The first-order valence-electron chi connectivity index (χ1n) is 8.46. The van der Waals surface area contributed by atoms with Crippen LogP contribution in [0.25, 0.3) is 5.69 Å². The Hall–Kier alpha value is -2.06. The van der Waals surface area contributed by atoms with Gasteiger partial charge < -0.3 is 10.2 Å². The zero-order valence-electron chi connectivity index (χ0n) is 15.5. The highest BCUT2D eigenvalue weighted by molar-refractivity contribution is 8.23. The summed E-state index contributed by atoms with van der Waals surface area (Å²) in [7, 11) is 1.80. The van der Waals surface area contributed by atoms with E-state index in [2.05, 4.69) is 5.32 Å². The van der Waals surface area contributed by atoms with Crippen LogP contribution in [-0.4, -0.2) is 43.3 Å². The van der Waals surface area contributed by atoms with Gasteiger partial charge in [0.1, 0.15) is 10.0 Å². The number of thioether (sulfide) groups is 1. The maximum Gasteiger partial charge on any atom is 0.295 e. The third-order valence-electron chi connectivity index (χ3n) is 4.17. The highest BCUT2D eigenvalue weighted by atomic mass is 32.2. The predicted molar refractivity (Wildman–Crippen MR) is 112 cm³/mol. The molecule has 0 bridgehead atoms. The van der Waals surface area contributed by atoms with Gasteiger partial charge in [-0.25, -0.2) is 4.68 Å². The molecule has 0 aliphatic heterocycles. The Morgan fingerprint density at radius 3 is 2.42 bits per heavy atom. The number of aromatic nitrogens is 2. The standard InChI is InChI=1S/C18H24N4O2S2/c1-5-21(6-2)18(25)26-12-15(23)19-16-13(3)20(4)22(17(16)24)14-10-8-7-9-11-14/h7-11H,5-6,12H2,1-4H3,(H,19,23). The van der Waals surface area contributed by atoms with E-state index in [0.717, 1.165) is 18.8 Å². The number of hydrogen-bond donors (Lipinski definition) is 1. The monoisotopic (exact) mass is 392 g/mol. The van der Waals surface area contributed by atoms with Gasteiger partial charge in [0.25, 0.3) is 5.56 Å². The second kappa shape index (κ2) is 9.05. The minimum atomic E-state index is -0.249. The second-order valence-corrected chi connectivity index (χ2v) is 7.32. The Balaban J connectivity index is 2.14. The number of anilines is 1. The van der Waals surface area contributed by atoms with E-state index in [9.17, 15) is 9.59 Å². The maximum absolute atomic E-state index is 12.8. The number of thiocarbonyl (C=S) groups is 1. The fourth-order valence-electron chi connectivity index (χ4n) is 2.59. The number of nitrogens with zero attached hydrogens (tertiary/aromatic N) is 3. The van der Waals surface area contributed by atoms with Crippen molar-refractivity contribution in [2.75, 3.05) is 24.2 Å². The molecule has 0 saturated heterocycles. The number of carbonyl (C=O) groups is 1. The van der Waals surface area contributed by atoms with Crippen molar-refractivity contribution >= 4 is 39.9 Å². The zero-order valence-corrected chi connectivity index (χ0v) is 17.1. The fraction of sp³-hybridized carbons (Fsp3) is 0.389. The molecule has 2 aromatic rings. The van der Waals surface area contributed by atoms with Gasteiger partial charge in [0.2, 0.25) is 5.91 Å². The molecule has 0 unspecified atom stereocenters. The topological polar surface area (TPSA) is 59.3 Å². The number of hydrogen-bond acceptors (Lipinski definition) is 4. The lowest BCUT2D eigenvalue weighted by atomic mass is 10.3. The lowest BCUT2D eigenvalue weighted by Crippen LogP contribution is -2.28. The molecule has 1 aromatic carbocycles. The normalized spacial score (nSPS) is 10.6. The number of para-hydroxylation sites is 1. The molecule has 0 fully saturated rings. The first kappa shape index (κ1) is 20.3. The van der Waals surface area contributed by atoms with Gasteiger partial charge in [-0.2, -0.15) is 0 Å². The van der Waals surface area contributed by atoms with Crippen LogP contribution in [0.3, 0.4) is 0 Å². The average molecular weight is 393 g/mol. The van der Waals surface area contributed by atoms with Gasteiger partial charge in [-0.3, -0.25) is 14.3 Å². The minimum absolute atomic E-state index is 0.175. The fourth-order valence-corrected chi connectivity index (χ4v) is 3.79. The van der Waals surface area contributed by atoms with Crippen molar-refractivity contribution in [1.29, 1.82) is 0 Å². The van der Waals surface area contributed by atoms with Gasteiger partial charge >= 0.3 is 0 Å². The van der Waals surface area contributed by atoms with Gasteiger partial charge in [0, 0.05) is 20.1 Å². The molecule has 1 heterocycles. The number of nitrogens with one attached hydrogen (secondary N) is 1. The molecule has 0 aliphatic rings. The Labute approximate surface area is 163 Å². The molecule has 1 N–H and O–H groups in total. The van der Waals surface area contributed by atoms with Gasteiger partial charge in [-0.15, -0.1) is 0 Å². The van der Waals surface area contributed by atoms with Crippen LogP contribution in [0.5, 0.6) is 0 Å². The molecule has 0 spiro atoms. The lowest BCUT2D eigenvalue weighted by molar-refractivity contribution is -0.113. The molecule has 1 amide bonds. The first-order chi connectivity index (χ1) is 12.4. The third-order valence-corrected chi connectivity index (χ3v) is 5.69. The van der Waals surface area contributed by atoms with Crippen LogP contribution in [0, 0.1) is 6.92 Å². The Morgan fingerprint density at radius 1 is 1.23 bits per heavy atom. The quantitative estimate of drug-likeness (QED) is 0.766. The van der Waals surface area contributed by atoms with Crippen LogP contribution in [0.2, 0.25) is 0 Å². The molecule has 0 saturated carbocycles. The van der Waals surface area contributed by atoms with Gasteiger partial charge in [0.15, 0.2) is 0 Å². The zero-order chi connectivity index (χ0) is 19.3. The van der Waals surface area contributed by atoms with Crippen LogP contribution in [0.15, 0.2) is 35.1 Å². The molecule has 2 rings (SSSR count). The summed E-state index contributed by atoms with van der Waals surface area (Å²) in [6.45, 7) is 7.47. The number of benzene rings is 1. The summed E-state index contributed by atoms with van der Waals surface area (Å²) in [4.78, 5) is 27.1. The first-order valence-corrected chi connectivity index (χ1v) is 9.85. The van der Waals surface area contributed by atoms with Crippen molar-refractivity contribution in [2.45, 2.75) is 20.8 Å². The Morgan fingerprint density at radius 2 is 1.85 bits per heavy atom. The summed E-state index contributed by atoms with van der Waals surface area (Å²) in [5.41, 5.74) is 1.50. The van der Waals surface area contributed by atoms with Crippen LogP contribution in [0.1, 0.15) is 19.5 Å². The van der Waals surface area contributed by atoms with Crippen LogP contribution < -0.4 is 10.9 Å². The van der Waals surface area contributed by atoms with E-state index >= 15 is 0 Å². The van der Waals surface area contributed by atoms with Crippen molar-refractivity contribution in [3.8, 4) is 5.69 Å². The molecular formula is C18H24N4O2S2. The average Bonchev–Trinajstić information content (AvgIpc) is 2.85. The highest BCUT2D eigenvalue weighted by Crippen LogP contribution is 2.15. The molecular weight excluding hydrogens is 368 g/mol. The second-order valence-electron chi connectivity index (χ2n) is 5.71. The van der Waals surface area contributed by atoms with Gasteiger partial charge in [-0.05, 0) is 32.9 Å². The van der Waals surface area contributed by atoms with Crippen LogP contribution in [0.4, 0.5) is 5.69 Å². The van der Waals surface area contributed by atoms with Gasteiger partial charge in [0.05, 0.1) is 17.1 Å². The van der Waals surface area contributed by atoms with Crippen molar-refractivity contribution in [3.63, 3.8) is 0 Å². The van der Waals surface area contributed by atoms with Gasteiger partial charge in [-0.1, -0.05) is 42.2 Å². The third kappa shape index (κ3) is 4.37. The summed E-state index contributed by atoms with van der Waals surface area (Å²) in [6, 6.07) is 9.33. The van der Waals surface area contributed by atoms with E-state index in [1.165, 1.54) is 11.8 Å². The molecule has 8 heteroatoms. The summed E-state index contributed by atoms with van der Waals surface area (Å²) >= 11 is 6.65. The van der Waals surface area contributed by atoms with E-state index in [4.69, 9.17) is 12.2 Å². The molecule has 1 aromatic heterocycles. The Kier molecular flexibility index (Phi) is 7.05. The van der Waals surface area contributed by atoms with Crippen molar-refractivity contribution < 1.29 is 4.79 Å². The van der Waals surface area contributed by atoms with E-state index < -0.39 is 0 Å². The summed E-state index contributed by atoms with van der Waals surface area (Å²) in [5, 5.41) is 2.75. The number of amides is 1. The van der Waals surface area contributed by atoms with E-state index in [1.54, 1.807) is 16.4 Å². The van der Waals surface area contributed by atoms with Crippen molar-refractivity contribution in [1.82, 2.24) is 14.3 Å². The summed E-state index contributed by atoms with van der Waals surface area (Å²) in [5.74, 6) is -0.0652. The van der Waals surface area contributed by atoms with E-state index in [0.29, 0.717) is 15.7 Å². The maximum atomic E-state index is 12.8. The molecule has 6 nitrogen and oxygen atoms in total. The molecule has 0 aliphatic carbocycles. The summed E-state index contributed by atoms with van der Waals surface area (Å²) in [6.07, 6.45) is 0. The van der Waals surface area contributed by atoms with Crippen LogP contribution >= 0.6 is 24.0 Å². The number of carbonyl (C=O) groups excluding carboxylic acids is 1. The van der Waals surface area contributed by atoms with Crippen LogP contribution in [-0.2, 0) is 11.8 Å². The highest BCUT2D eigenvalue weighted by Gasteiger charge is 2.18.